The number of nitrogens with zero attached hydrogens (tertiary/aromatic N) is 3. The molecule has 6 nitrogen and oxygen atoms in total. The molecule has 0 spiro atoms. The van der Waals surface area contributed by atoms with Crippen LogP contribution in [0.4, 0.5) is 0 Å². The summed E-state index contributed by atoms with van der Waals surface area (Å²) in [4.78, 5) is 0. The zero-order valence-corrected chi connectivity index (χ0v) is 13.0. The first-order valence-electron chi connectivity index (χ1n) is 6.72. The van der Waals surface area contributed by atoms with Gasteiger partial charge >= 0.3 is 0 Å². The highest BCUT2D eigenvalue weighted by molar-refractivity contribution is 7.99. The molecule has 114 valence electrons. The third kappa shape index (κ3) is 3.75. The molecule has 1 aromatic heterocycles. The number of methoxy groups -OCH3 is 1. The van der Waals surface area contributed by atoms with Crippen molar-refractivity contribution < 1.29 is 9.84 Å². The van der Waals surface area contributed by atoms with Gasteiger partial charge in [-0.3, -0.25) is 4.57 Å². The van der Waals surface area contributed by atoms with Crippen LogP contribution in [0.2, 0.25) is 0 Å². The van der Waals surface area contributed by atoms with Gasteiger partial charge in [-0.25, -0.2) is 0 Å². The Kier molecular flexibility index (Phi) is 5.60. The second-order valence-corrected chi connectivity index (χ2v) is 5.72. The minimum atomic E-state index is 0.160. The maximum atomic E-state index is 9.12. The summed E-state index contributed by atoms with van der Waals surface area (Å²) in [5.74, 6) is 2.48. The summed E-state index contributed by atoms with van der Waals surface area (Å²) in [5.41, 5.74) is 6.69. The number of thioether (sulfide) groups is 1. The topological polar surface area (TPSA) is 86.2 Å². The van der Waals surface area contributed by atoms with Crippen molar-refractivity contribution in [2.45, 2.75) is 18.6 Å². The van der Waals surface area contributed by atoms with Gasteiger partial charge in [0.1, 0.15) is 5.75 Å². The van der Waals surface area contributed by atoms with Gasteiger partial charge in [0.2, 0.25) is 0 Å². The van der Waals surface area contributed by atoms with Crippen LogP contribution in [-0.2, 0) is 6.54 Å². The van der Waals surface area contributed by atoms with Crippen LogP contribution in [0.5, 0.6) is 5.75 Å². The molecule has 0 aliphatic rings. The van der Waals surface area contributed by atoms with Gasteiger partial charge in [-0.2, -0.15) is 0 Å². The highest BCUT2D eigenvalue weighted by Gasteiger charge is 2.14. The van der Waals surface area contributed by atoms with Crippen LogP contribution in [-0.4, -0.2) is 39.3 Å². The van der Waals surface area contributed by atoms with Gasteiger partial charge in [0.15, 0.2) is 11.0 Å². The Hall–Kier alpha value is -1.57. The summed E-state index contributed by atoms with van der Waals surface area (Å²) < 4.78 is 7.11. The van der Waals surface area contributed by atoms with Gasteiger partial charge in [-0.05, 0) is 30.2 Å². The van der Waals surface area contributed by atoms with Crippen molar-refractivity contribution in [3.8, 4) is 11.4 Å². The summed E-state index contributed by atoms with van der Waals surface area (Å²) in [5, 5.41) is 18.2. The van der Waals surface area contributed by atoms with Crippen molar-refractivity contribution in [3.05, 3.63) is 30.1 Å². The molecule has 2 rings (SSSR count). The van der Waals surface area contributed by atoms with Gasteiger partial charge in [0.05, 0.1) is 13.7 Å². The third-order valence-electron chi connectivity index (χ3n) is 3.02. The molecule has 0 bridgehead atoms. The molecule has 0 saturated carbocycles. The SMILES string of the molecule is COc1ccc(-n2c(CN)nnc2SC[C@@H](C)CO)cc1. The Labute approximate surface area is 128 Å². The van der Waals surface area contributed by atoms with Crippen molar-refractivity contribution in [2.24, 2.45) is 11.7 Å². The fourth-order valence-electron chi connectivity index (χ4n) is 1.79. The highest BCUT2D eigenvalue weighted by atomic mass is 32.2. The summed E-state index contributed by atoms with van der Waals surface area (Å²) >= 11 is 1.56. The highest BCUT2D eigenvalue weighted by Crippen LogP contribution is 2.25. The van der Waals surface area contributed by atoms with E-state index in [2.05, 4.69) is 10.2 Å². The van der Waals surface area contributed by atoms with Gasteiger partial charge in [-0.1, -0.05) is 18.7 Å². The van der Waals surface area contributed by atoms with Crippen LogP contribution in [0.15, 0.2) is 29.4 Å². The molecule has 0 saturated heterocycles. The third-order valence-corrected chi connectivity index (χ3v) is 4.28. The number of hydrogen-bond acceptors (Lipinski definition) is 6. The quantitative estimate of drug-likeness (QED) is 0.753. The van der Waals surface area contributed by atoms with Crippen LogP contribution in [0, 0.1) is 5.92 Å². The molecule has 0 aliphatic carbocycles. The molecule has 2 aromatic rings. The first-order chi connectivity index (χ1) is 10.2. The zero-order valence-electron chi connectivity index (χ0n) is 12.2. The van der Waals surface area contributed by atoms with E-state index < -0.39 is 0 Å². The molecule has 3 N–H and O–H groups in total. The lowest BCUT2D eigenvalue weighted by molar-refractivity contribution is 0.250. The molecule has 0 fully saturated rings. The number of rotatable bonds is 7. The van der Waals surface area contributed by atoms with E-state index in [1.54, 1.807) is 18.9 Å². The average molecular weight is 308 g/mol. The monoisotopic (exact) mass is 308 g/mol. The normalized spacial score (nSPS) is 12.4. The van der Waals surface area contributed by atoms with Crippen molar-refractivity contribution >= 4 is 11.8 Å². The summed E-state index contributed by atoms with van der Waals surface area (Å²) in [6.45, 7) is 2.47. The molecular weight excluding hydrogens is 288 g/mol. The molecule has 7 heteroatoms. The molecule has 0 unspecified atom stereocenters. The second-order valence-electron chi connectivity index (χ2n) is 4.74. The van der Waals surface area contributed by atoms with Gasteiger partial charge in [0, 0.05) is 18.0 Å². The number of ether oxygens (including phenoxy) is 1. The van der Waals surface area contributed by atoms with E-state index in [0.29, 0.717) is 12.4 Å². The summed E-state index contributed by atoms with van der Waals surface area (Å²) in [6, 6.07) is 7.67. The summed E-state index contributed by atoms with van der Waals surface area (Å²) in [6.07, 6.45) is 0. The molecule has 1 atom stereocenters. The van der Waals surface area contributed by atoms with Gasteiger partial charge < -0.3 is 15.6 Å². The van der Waals surface area contributed by atoms with Crippen LogP contribution in [0.25, 0.3) is 5.69 Å². The second kappa shape index (κ2) is 7.44. The van der Waals surface area contributed by atoms with E-state index in [4.69, 9.17) is 15.6 Å². The fourth-order valence-corrected chi connectivity index (χ4v) is 2.76. The smallest absolute Gasteiger partial charge is 0.195 e. The summed E-state index contributed by atoms with van der Waals surface area (Å²) in [7, 11) is 1.64. The van der Waals surface area contributed by atoms with Crippen LogP contribution in [0.1, 0.15) is 12.7 Å². The van der Waals surface area contributed by atoms with Crippen molar-refractivity contribution in [3.63, 3.8) is 0 Å². The van der Waals surface area contributed by atoms with Crippen molar-refractivity contribution in [1.82, 2.24) is 14.8 Å². The molecule has 0 aliphatic heterocycles. The average Bonchev–Trinajstić information content (AvgIpc) is 2.95. The van der Waals surface area contributed by atoms with E-state index in [1.807, 2.05) is 35.8 Å². The number of aliphatic hydroxyl groups excluding tert-OH is 1. The number of aliphatic hydroxyl groups is 1. The molecule has 1 aromatic carbocycles. The van der Waals surface area contributed by atoms with Gasteiger partial charge in [0.25, 0.3) is 0 Å². The molecule has 1 heterocycles. The molecule has 0 radical (unpaired) electrons. The predicted molar refractivity (Wildman–Crippen MR) is 82.8 cm³/mol. The Morgan fingerprint density at radius 3 is 2.62 bits per heavy atom. The first-order valence-corrected chi connectivity index (χ1v) is 7.70. The number of benzene rings is 1. The van der Waals surface area contributed by atoms with E-state index in [9.17, 15) is 0 Å². The number of hydrogen-bond donors (Lipinski definition) is 2. The minimum Gasteiger partial charge on any atom is -0.497 e. The minimum absolute atomic E-state index is 0.160. The molecule has 0 amide bonds. The molecular formula is C14H20N4O2S. The lowest BCUT2D eigenvalue weighted by Crippen LogP contribution is -2.09. The van der Waals surface area contributed by atoms with Crippen molar-refractivity contribution in [1.29, 1.82) is 0 Å². The van der Waals surface area contributed by atoms with E-state index in [1.165, 1.54) is 0 Å². The lowest BCUT2D eigenvalue weighted by atomic mass is 10.2. The van der Waals surface area contributed by atoms with Gasteiger partial charge in [-0.15, -0.1) is 10.2 Å². The lowest BCUT2D eigenvalue weighted by Gasteiger charge is -2.11. The number of aromatic nitrogens is 3. The van der Waals surface area contributed by atoms with Crippen LogP contribution < -0.4 is 10.5 Å². The van der Waals surface area contributed by atoms with E-state index in [-0.39, 0.29) is 12.5 Å². The van der Waals surface area contributed by atoms with Crippen molar-refractivity contribution in [2.75, 3.05) is 19.5 Å². The Morgan fingerprint density at radius 2 is 2.05 bits per heavy atom. The largest absolute Gasteiger partial charge is 0.497 e. The predicted octanol–water partition coefficient (Wildman–Crippen LogP) is 1.46. The first kappa shape index (κ1) is 15.8. The van der Waals surface area contributed by atoms with Crippen LogP contribution in [0.3, 0.4) is 0 Å². The standard InChI is InChI=1S/C14H20N4O2S/c1-10(8-19)9-21-14-17-16-13(7-15)18(14)11-3-5-12(20-2)6-4-11/h3-6,10,19H,7-9,15H2,1-2H3/t10-/m0/s1. The number of nitrogens with two attached hydrogens (primary N) is 1. The van der Waals surface area contributed by atoms with E-state index >= 15 is 0 Å². The Balaban J connectivity index is 2.28. The maximum absolute atomic E-state index is 9.12. The Bertz CT molecular complexity index is 571. The Morgan fingerprint density at radius 1 is 1.33 bits per heavy atom. The van der Waals surface area contributed by atoms with E-state index in [0.717, 1.165) is 22.3 Å². The zero-order chi connectivity index (χ0) is 15.2. The fraction of sp³-hybridized carbons (Fsp3) is 0.429. The van der Waals surface area contributed by atoms with Crippen LogP contribution >= 0.6 is 11.8 Å². The maximum Gasteiger partial charge on any atom is 0.195 e. The molecule has 21 heavy (non-hydrogen) atoms.